The first kappa shape index (κ1) is 13.4. The van der Waals surface area contributed by atoms with Gasteiger partial charge in [-0.1, -0.05) is 12.1 Å². The van der Waals surface area contributed by atoms with Gasteiger partial charge in [0.2, 0.25) is 5.91 Å². The number of rotatable bonds is 5. The molecule has 0 aliphatic carbocycles. The molecule has 19 heavy (non-hydrogen) atoms. The van der Waals surface area contributed by atoms with Crippen LogP contribution in [0.25, 0.3) is 0 Å². The lowest BCUT2D eigenvalue weighted by molar-refractivity contribution is -0.143. The molecule has 102 valence electrons. The van der Waals surface area contributed by atoms with Crippen molar-refractivity contribution in [3.8, 4) is 5.75 Å². The standard InChI is InChI=1S/C13H16N2O4/c1-14-11(13(17)18)12(16)15-7-8-2-3-10-9(6-8)4-5-19-10/h2-3,6,11,14H,4-5,7H2,1H3,(H,15,16)(H,17,18). The summed E-state index contributed by atoms with van der Waals surface area (Å²) in [5.74, 6) is -0.859. The van der Waals surface area contributed by atoms with Crippen LogP contribution in [0.2, 0.25) is 0 Å². The van der Waals surface area contributed by atoms with Gasteiger partial charge in [-0.25, -0.2) is 4.79 Å². The van der Waals surface area contributed by atoms with Crippen LogP contribution in [0.4, 0.5) is 0 Å². The quantitative estimate of drug-likeness (QED) is 0.647. The molecule has 2 rings (SSSR count). The Morgan fingerprint density at radius 2 is 2.26 bits per heavy atom. The molecule has 1 aliphatic heterocycles. The van der Waals surface area contributed by atoms with Gasteiger partial charge in [-0.05, 0) is 24.2 Å². The van der Waals surface area contributed by atoms with Gasteiger partial charge in [0.1, 0.15) is 5.75 Å². The molecule has 1 aliphatic rings. The van der Waals surface area contributed by atoms with E-state index in [1.54, 1.807) is 0 Å². The Hall–Kier alpha value is -2.08. The predicted molar refractivity (Wildman–Crippen MR) is 68.0 cm³/mol. The maximum atomic E-state index is 11.6. The van der Waals surface area contributed by atoms with Crippen LogP contribution in [0, 0.1) is 0 Å². The second kappa shape index (κ2) is 5.71. The Bertz CT molecular complexity index is 501. The summed E-state index contributed by atoms with van der Waals surface area (Å²) in [6.45, 7) is 0.990. The topological polar surface area (TPSA) is 87.7 Å². The van der Waals surface area contributed by atoms with Crippen molar-refractivity contribution in [1.29, 1.82) is 0 Å². The smallest absolute Gasteiger partial charge is 0.330 e. The van der Waals surface area contributed by atoms with Gasteiger partial charge in [-0.2, -0.15) is 0 Å². The molecule has 1 aromatic carbocycles. The molecular formula is C13H16N2O4. The van der Waals surface area contributed by atoms with Crippen LogP contribution in [0.3, 0.4) is 0 Å². The van der Waals surface area contributed by atoms with E-state index in [2.05, 4.69) is 10.6 Å². The number of carbonyl (C=O) groups excluding carboxylic acids is 1. The Balaban J connectivity index is 1.95. The lowest BCUT2D eigenvalue weighted by Crippen LogP contribution is -2.47. The second-order valence-corrected chi connectivity index (χ2v) is 4.32. The molecule has 1 aromatic rings. The highest BCUT2D eigenvalue weighted by molar-refractivity contribution is 6.01. The fourth-order valence-corrected chi connectivity index (χ4v) is 2.01. The van der Waals surface area contributed by atoms with E-state index in [1.165, 1.54) is 7.05 Å². The minimum atomic E-state index is -1.22. The molecule has 1 heterocycles. The van der Waals surface area contributed by atoms with Crippen LogP contribution >= 0.6 is 0 Å². The Labute approximate surface area is 110 Å². The van der Waals surface area contributed by atoms with E-state index in [0.29, 0.717) is 13.2 Å². The lowest BCUT2D eigenvalue weighted by atomic mass is 10.1. The number of amides is 1. The molecule has 0 radical (unpaired) electrons. The maximum absolute atomic E-state index is 11.6. The average molecular weight is 264 g/mol. The first-order valence-corrected chi connectivity index (χ1v) is 6.04. The Morgan fingerprint density at radius 3 is 2.95 bits per heavy atom. The third-order valence-corrected chi connectivity index (χ3v) is 3.02. The second-order valence-electron chi connectivity index (χ2n) is 4.32. The highest BCUT2D eigenvalue weighted by Gasteiger charge is 2.23. The number of benzene rings is 1. The lowest BCUT2D eigenvalue weighted by Gasteiger charge is -2.12. The number of likely N-dealkylation sites (N-methyl/N-ethyl adjacent to an activating group) is 1. The molecule has 6 nitrogen and oxygen atoms in total. The van der Waals surface area contributed by atoms with E-state index in [1.807, 2.05) is 18.2 Å². The first-order valence-electron chi connectivity index (χ1n) is 6.04. The van der Waals surface area contributed by atoms with E-state index >= 15 is 0 Å². The minimum absolute atomic E-state index is 0.303. The van der Waals surface area contributed by atoms with E-state index in [4.69, 9.17) is 9.84 Å². The summed E-state index contributed by atoms with van der Waals surface area (Å²) < 4.78 is 5.39. The van der Waals surface area contributed by atoms with Crippen LogP contribution in [0.15, 0.2) is 18.2 Å². The molecule has 0 spiro atoms. The highest BCUT2D eigenvalue weighted by atomic mass is 16.5. The van der Waals surface area contributed by atoms with Crippen molar-refractivity contribution in [3.63, 3.8) is 0 Å². The summed E-state index contributed by atoms with van der Waals surface area (Å²) in [5.41, 5.74) is 2.05. The number of hydrogen-bond acceptors (Lipinski definition) is 4. The summed E-state index contributed by atoms with van der Waals surface area (Å²) >= 11 is 0. The number of nitrogens with one attached hydrogen (secondary N) is 2. The molecule has 0 bridgehead atoms. The summed E-state index contributed by atoms with van der Waals surface area (Å²) in [7, 11) is 1.44. The van der Waals surface area contributed by atoms with Gasteiger partial charge < -0.3 is 15.2 Å². The molecule has 1 unspecified atom stereocenters. The summed E-state index contributed by atoms with van der Waals surface area (Å²) in [4.78, 5) is 22.4. The SMILES string of the molecule is CNC(C(=O)O)C(=O)NCc1ccc2c(c1)CCO2. The number of ether oxygens (including phenoxy) is 1. The Kier molecular flexibility index (Phi) is 4.01. The third-order valence-electron chi connectivity index (χ3n) is 3.02. The molecule has 1 amide bonds. The number of carboxylic acid groups (broad SMARTS) is 1. The number of fused-ring (bicyclic) bond motifs is 1. The Morgan fingerprint density at radius 1 is 1.47 bits per heavy atom. The molecule has 0 saturated heterocycles. The minimum Gasteiger partial charge on any atom is -0.493 e. The number of carbonyl (C=O) groups is 2. The summed E-state index contributed by atoms with van der Waals surface area (Å²) in [5, 5.41) is 13.9. The number of hydrogen-bond donors (Lipinski definition) is 3. The normalized spacial score (nSPS) is 14.4. The van der Waals surface area contributed by atoms with Gasteiger partial charge in [-0.15, -0.1) is 0 Å². The number of carboxylic acids is 1. The van der Waals surface area contributed by atoms with E-state index < -0.39 is 17.9 Å². The zero-order valence-electron chi connectivity index (χ0n) is 10.6. The number of aliphatic carboxylic acids is 1. The molecule has 6 heteroatoms. The average Bonchev–Trinajstić information content (AvgIpc) is 2.84. The highest BCUT2D eigenvalue weighted by Crippen LogP contribution is 2.25. The van der Waals surface area contributed by atoms with E-state index in [9.17, 15) is 9.59 Å². The van der Waals surface area contributed by atoms with Crippen LogP contribution in [0.1, 0.15) is 11.1 Å². The van der Waals surface area contributed by atoms with Gasteiger partial charge in [0, 0.05) is 13.0 Å². The molecular weight excluding hydrogens is 248 g/mol. The predicted octanol–water partition coefficient (Wildman–Crippen LogP) is -0.0897. The largest absolute Gasteiger partial charge is 0.493 e. The van der Waals surface area contributed by atoms with E-state index in [-0.39, 0.29) is 0 Å². The summed E-state index contributed by atoms with van der Waals surface area (Å²) in [6.07, 6.45) is 0.866. The molecule has 3 N–H and O–H groups in total. The molecule has 0 fully saturated rings. The molecule has 1 atom stereocenters. The fraction of sp³-hybridized carbons (Fsp3) is 0.385. The van der Waals surface area contributed by atoms with Crippen LogP contribution < -0.4 is 15.4 Å². The van der Waals surface area contributed by atoms with Crippen molar-refractivity contribution in [1.82, 2.24) is 10.6 Å². The zero-order chi connectivity index (χ0) is 13.8. The van der Waals surface area contributed by atoms with Crippen molar-refractivity contribution in [3.05, 3.63) is 29.3 Å². The van der Waals surface area contributed by atoms with Crippen LogP contribution in [0.5, 0.6) is 5.75 Å². The van der Waals surface area contributed by atoms with Gasteiger partial charge in [0.15, 0.2) is 6.04 Å². The van der Waals surface area contributed by atoms with Crippen molar-refractivity contribution in [2.75, 3.05) is 13.7 Å². The third kappa shape index (κ3) is 3.03. The van der Waals surface area contributed by atoms with Crippen LogP contribution in [-0.4, -0.2) is 36.7 Å². The molecule has 0 aromatic heterocycles. The van der Waals surface area contributed by atoms with Gasteiger partial charge in [0.25, 0.3) is 0 Å². The zero-order valence-corrected chi connectivity index (χ0v) is 10.6. The van der Waals surface area contributed by atoms with Crippen LogP contribution in [-0.2, 0) is 22.6 Å². The fourth-order valence-electron chi connectivity index (χ4n) is 2.01. The summed E-state index contributed by atoms with van der Waals surface area (Å²) in [6, 6.07) is 4.48. The van der Waals surface area contributed by atoms with Crippen molar-refractivity contribution in [2.24, 2.45) is 0 Å². The van der Waals surface area contributed by atoms with Gasteiger partial charge in [-0.3, -0.25) is 10.1 Å². The van der Waals surface area contributed by atoms with Gasteiger partial charge >= 0.3 is 5.97 Å². The molecule has 0 saturated carbocycles. The van der Waals surface area contributed by atoms with Crippen molar-refractivity contribution >= 4 is 11.9 Å². The first-order chi connectivity index (χ1) is 9.11. The monoisotopic (exact) mass is 264 g/mol. The van der Waals surface area contributed by atoms with Gasteiger partial charge in [0.05, 0.1) is 6.61 Å². The maximum Gasteiger partial charge on any atom is 0.330 e. The van der Waals surface area contributed by atoms with E-state index in [0.717, 1.165) is 23.3 Å². The van der Waals surface area contributed by atoms with Crippen molar-refractivity contribution < 1.29 is 19.4 Å². The van der Waals surface area contributed by atoms with Crippen molar-refractivity contribution in [2.45, 2.75) is 19.0 Å².